The van der Waals surface area contributed by atoms with E-state index in [1.54, 1.807) is 24.3 Å². The summed E-state index contributed by atoms with van der Waals surface area (Å²) in [5, 5.41) is 6.28. The third kappa shape index (κ3) is 3.51. The van der Waals surface area contributed by atoms with Crippen LogP contribution in [-0.4, -0.2) is 30.9 Å². The van der Waals surface area contributed by atoms with Crippen LogP contribution in [0.25, 0.3) is 0 Å². The average molecular weight is 336 g/mol. The maximum absolute atomic E-state index is 12.3. The van der Waals surface area contributed by atoms with Crippen molar-refractivity contribution in [2.75, 3.05) is 13.1 Å². The Hall–Kier alpha value is -1.59. The van der Waals surface area contributed by atoms with E-state index in [0.717, 1.165) is 19.3 Å². The van der Waals surface area contributed by atoms with Crippen LogP contribution in [0.2, 0.25) is 5.02 Å². The molecule has 1 aromatic carbocycles. The Morgan fingerprint density at radius 3 is 2.39 bits per heavy atom. The summed E-state index contributed by atoms with van der Waals surface area (Å²) >= 11 is 5.79. The first-order chi connectivity index (χ1) is 11.1. The van der Waals surface area contributed by atoms with Crippen LogP contribution >= 0.6 is 11.6 Å². The summed E-state index contributed by atoms with van der Waals surface area (Å²) in [5.41, 5.74) is 6.72. The van der Waals surface area contributed by atoms with Crippen molar-refractivity contribution in [3.63, 3.8) is 0 Å². The maximum Gasteiger partial charge on any atom is 0.251 e. The summed E-state index contributed by atoms with van der Waals surface area (Å²) < 4.78 is 0. The summed E-state index contributed by atoms with van der Waals surface area (Å²) in [6.45, 7) is 0.808. The molecule has 2 aliphatic rings. The molecule has 0 radical (unpaired) electrons. The standard InChI is InChI=1S/C17H22ClN3O2/c18-13-5-3-10(4-6-13)16(22)20-7-8-21-17(23)14-11-1-2-12(9-11)15(14)19/h3-6,11-12,14-15H,1-2,7-9,19H2,(H,20,22)(H,21,23). The van der Waals surface area contributed by atoms with Crippen molar-refractivity contribution in [1.29, 1.82) is 0 Å². The fourth-order valence-corrected chi connectivity index (χ4v) is 4.03. The summed E-state index contributed by atoms with van der Waals surface area (Å²) in [7, 11) is 0. The van der Waals surface area contributed by atoms with Gasteiger partial charge < -0.3 is 16.4 Å². The van der Waals surface area contributed by atoms with Crippen LogP contribution in [0.3, 0.4) is 0 Å². The predicted octanol–water partition coefficient (Wildman–Crippen LogP) is 1.56. The molecule has 1 aromatic rings. The maximum atomic E-state index is 12.3. The number of benzene rings is 1. The Morgan fingerprint density at radius 2 is 1.74 bits per heavy atom. The summed E-state index contributed by atoms with van der Waals surface area (Å²) in [6.07, 6.45) is 3.36. The van der Waals surface area contributed by atoms with Crippen molar-refractivity contribution in [3.05, 3.63) is 34.9 Å². The first-order valence-corrected chi connectivity index (χ1v) is 8.51. The highest BCUT2D eigenvalue weighted by molar-refractivity contribution is 6.30. The molecule has 4 atom stereocenters. The lowest BCUT2D eigenvalue weighted by atomic mass is 9.84. The molecule has 0 aromatic heterocycles. The zero-order valence-corrected chi connectivity index (χ0v) is 13.7. The molecule has 0 saturated heterocycles. The van der Waals surface area contributed by atoms with Gasteiger partial charge in [-0.05, 0) is 55.4 Å². The van der Waals surface area contributed by atoms with E-state index < -0.39 is 0 Å². The van der Waals surface area contributed by atoms with Gasteiger partial charge in [-0.15, -0.1) is 0 Å². The molecule has 2 bridgehead atoms. The lowest BCUT2D eigenvalue weighted by Crippen LogP contribution is -2.46. The molecule has 5 nitrogen and oxygen atoms in total. The second-order valence-electron chi connectivity index (χ2n) is 6.49. The monoisotopic (exact) mass is 335 g/mol. The fraction of sp³-hybridized carbons (Fsp3) is 0.529. The van der Waals surface area contributed by atoms with E-state index >= 15 is 0 Å². The van der Waals surface area contributed by atoms with Gasteiger partial charge in [-0.25, -0.2) is 0 Å². The van der Waals surface area contributed by atoms with Gasteiger partial charge in [-0.1, -0.05) is 11.6 Å². The van der Waals surface area contributed by atoms with Gasteiger partial charge in [0, 0.05) is 29.7 Å². The third-order valence-electron chi connectivity index (χ3n) is 5.10. The first-order valence-electron chi connectivity index (χ1n) is 8.13. The number of hydrogen-bond donors (Lipinski definition) is 3. The Bertz CT molecular complexity index is 588. The van der Waals surface area contributed by atoms with Crippen LogP contribution in [0.5, 0.6) is 0 Å². The lowest BCUT2D eigenvalue weighted by molar-refractivity contribution is -0.127. The van der Waals surface area contributed by atoms with E-state index in [1.165, 1.54) is 0 Å². The number of fused-ring (bicyclic) bond motifs is 2. The number of carbonyl (C=O) groups is 2. The molecule has 0 spiro atoms. The Labute approximate surface area is 141 Å². The van der Waals surface area contributed by atoms with E-state index in [1.807, 2.05) is 0 Å². The topological polar surface area (TPSA) is 84.2 Å². The molecule has 0 aliphatic heterocycles. The highest BCUT2D eigenvalue weighted by Gasteiger charge is 2.48. The quantitative estimate of drug-likeness (QED) is 0.714. The number of amides is 2. The molecule has 124 valence electrons. The minimum absolute atomic E-state index is 0.00240. The zero-order chi connectivity index (χ0) is 16.4. The molecule has 3 rings (SSSR count). The second-order valence-corrected chi connectivity index (χ2v) is 6.93. The van der Waals surface area contributed by atoms with Crippen LogP contribution in [-0.2, 0) is 4.79 Å². The minimum atomic E-state index is -0.174. The molecule has 2 amide bonds. The summed E-state index contributed by atoms with van der Waals surface area (Å²) in [6, 6.07) is 6.69. The number of halogens is 1. The molecule has 0 heterocycles. The number of rotatable bonds is 5. The molecular weight excluding hydrogens is 314 g/mol. The van der Waals surface area contributed by atoms with Crippen LogP contribution in [0.15, 0.2) is 24.3 Å². The van der Waals surface area contributed by atoms with Crippen molar-refractivity contribution in [2.24, 2.45) is 23.5 Å². The number of carbonyl (C=O) groups excluding carboxylic acids is 2. The van der Waals surface area contributed by atoms with E-state index in [4.69, 9.17) is 17.3 Å². The molecular formula is C17H22ClN3O2. The highest BCUT2D eigenvalue weighted by Crippen LogP contribution is 2.47. The molecule has 6 heteroatoms. The van der Waals surface area contributed by atoms with Crippen LogP contribution in [0.1, 0.15) is 29.6 Å². The molecule has 4 N–H and O–H groups in total. The van der Waals surface area contributed by atoms with Gasteiger partial charge in [0.05, 0.1) is 5.92 Å². The molecule has 2 saturated carbocycles. The van der Waals surface area contributed by atoms with Gasteiger partial charge in [0.15, 0.2) is 0 Å². The molecule has 2 aliphatic carbocycles. The van der Waals surface area contributed by atoms with Crippen molar-refractivity contribution in [3.8, 4) is 0 Å². The van der Waals surface area contributed by atoms with Crippen molar-refractivity contribution in [2.45, 2.75) is 25.3 Å². The second kappa shape index (κ2) is 6.89. The number of nitrogens with two attached hydrogens (primary N) is 1. The van der Waals surface area contributed by atoms with Crippen LogP contribution < -0.4 is 16.4 Å². The van der Waals surface area contributed by atoms with Gasteiger partial charge in [0.25, 0.3) is 5.91 Å². The summed E-state index contributed by atoms with van der Waals surface area (Å²) in [4.78, 5) is 24.2. The lowest BCUT2D eigenvalue weighted by Gasteiger charge is -2.27. The molecule has 4 unspecified atom stereocenters. The van der Waals surface area contributed by atoms with Gasteiger partial charge in [-0.2, -0.15) is 0 Å². The normalized spacial score (nSPS) is 28.6. The minimum Gasteiger partial charge on any atom is -0.354 e. The Morgan fingerprint density at radius 1 is 1.09 bits per heavy atom. The van der Waals surface area contributed by atoms with E-state index in [2.05, 4.69) is 10.6 Å². The predicted molar refractivity (Wildman–Crippen MR) is 89.1 cm³/mol. The average Bonchev–Trinajstić information content (AvgIpc) is 3.12. The number of hydrogen-bond acceptors (Lipinski definition) is 3. The molecule has 23 heavy (non-hydrogen) atoms. The van der Waals surface area contributed by atoms with Crippen LogP contribution in [0, 0.1) is 17.8 Å². The van der Waals surface area contributed by atoms with E-state index in [9.17, 15) is 9.59 Å². The highest BCUT2D eigenvalue weighted by atomic mass is 35.5. The first kappa shape index (κ1) is 16.3. The van der Waals surface area contributed by atoms with E-state index in [-0.39, 0.29) is 23.8 Å². The Balaban J connectivity index is 1.40. The molecule has 2 fully saturated rings. The summed E-state index contributed by atoms with van der Waals surface area (Å²) in [5.74, 6) is 0.762. The fourth-order valence-electron chi connectivity index (χ4n) is 3.91. The van der Waals surface area contributed by atoms with E-state index in [0.29, 0.717) is 35.5 Å². The van der Waals surface area contributed by atoms with Crippen molar-refractivity contribution < 1.29 is 9.59 Å². The zero-order valence-electron chi connectivity index (χ0n) is 12.9. The van der Waals surface area contributed by atoms with Gasteiger partial charge in [-0.3, -0.25) is 9.59 Å². The van der Waals surface area contributed by atoms with Crippen molar-refractivity contribution >= 4 is 23.4 Å². The van der Waals surface area contributed by atoms with Gasteiger partial charge >= 0.3 is 0 Å². The third-order valence-corrected chi connectivity index (χ3v) is 5.35. The van der Waals surface area contributed by atoms with Crippen molar-refractivity contribution in [1.82, 2.24) is 10.6 Å². The smallest absolute Gasteiger partial charge is 0.251 e. The SMILES string of the molecule is NC1C2CCC(C2)C1C(=O)NCCNC(=O)c1ccc(Cl)cc1. The number of nitrogens with one attached hydrogen (secondary N) is 2. The largest absolute Gasteiger partial charge is 0.354 e. The van der Waals surface area contributed by atoms with Crippen LogP contribution in [0.4, 0.5) is 0 Å². The Kier molecular flexibility index (Phi) is 4.87. The van der Waals surface area contributed by atoms with Gasteiger partial charge in [0.2, 0.25) is 5.91 Å². The van der Waals surface area contributed by atoms with Gasteiger partial charge in [0.1, 0.15) is 0 Å².